The van der Waals surface area contributed by atoms with Gasteiger partial charge in [-0.2, -0.15) is 0 Å². The van der Waals surface area contributed by atoms with Gasteiger partial charge >= 0.3 is 0 Å². The molecule has 2 aliphatic heterocycles. The van der Waals surface area contributed by atoms with Crippen molar-refractivity contribution in [3.8, 4) is 0 Å². The zero-order chi connectivity index (χ0) is 16.6. The van der Waals surface area contributed by atoms with E-state index in [-0.39, 0.29) is 0 Å². The average Bonchev–Trinajstić information content (AvgIpc) is 3.06. The normalized spacial score (nSPS) is 23.7. The summed E-state index contributed by atoms with van der Waals surface area (Å²) in [5.74, 6) is 0.672. The maximum absolute atomic E-state index is 11.6. The number of piperidine rings is 1. The summed E-state index contributed by atoms with van der Waals surface area (Å²) in [7, 11) is -2.78. The quantitative estimate of drug-likeness (QED) is 0.921. The topological polar surface area (TPSA) is 56.4 Å². The number of benzene rings is 1. The number of H-pyrrole nitrogens is 1. The number of fused-ring (bicyclic) bond motifs is 1. The molecule has 2 saturated heterocycles. The van der Waals surface area contributed by atoms with Crippen LogP contribution in [0.25, 0.3) is 10.9 Å². The van der Waals surface area contributed by atoms with Crippen LogP contribution in [0.1, 0.15) is 18.4 Å². The van der Waals surface area contributed by atoms with E-state index < -0.39 is 9.84 Å². The number of likely N-dealkylation sites (tertiary alicyclic amines) is 1. The molecule has 130 valence electrons. The first kappa shape index (κ1) is 16.1. The summed E-state index contributed by atoms with van der Waals surface area (Å²) in [5.41, 5.74) is 2.59. The predicted molar refractivity (Wildman–Crippen MR) is 96.8 cm³/mol. The Hall–Kier alpha value is -1.37. The number of aromatic nitrogens is 1. The molecule has 0 saturated carbocycles. The number of nitrogens with zero attached hydrogens (tertiary/aromatic N) is 2. The number of hydrogen-bond donors (Lipinski definition) is 1. The number of sulfone groups is 1. The standard InChI is InChI=1S/C18H25N3O2S/c22-24(23)12-10-21(11-13-24)16-5-8-20(9-6-16)14-15-2-1-3-18-17(15)4-7-19-18/h1-4,7,16,19H,5-6,8-14H2. The highest BCUT2D eigenvalue weighted by atomic mass is 32.2. The van der Waals surface area contributed by atoms with Gasteiger partial charge in [-0.15, -0.1) is 0 Å². The molecule has 1 aromatic heterocycles. The van der Waals surface area contributed by atoms with Gasteiger partial charge in [0.2, 0.25) is 0 Å². The van der Waals surface area contributed by atoms with Gasteiger partial charge in [0.05, 0.1) is 11.5 Å². The van der Waals surface area contributed by atoms with Crippen molar-refractivity contribution in [1.82, 2.24) is 14.8 Å². The fourth-order valence-corrected chi connectivity index (χ4v) is 5.29. The third-order valence-electron chi connectivity index (χ3n) is 5.53. The molecule has 24 heavy (non-hydrogen) atoms. The van der Waals surface area contributed by atoms with Crippen molar-refractivity contribution < 1.29 is 8.42 Å². The van der Waals surface area contributed by atoms with E-state index in [0.29, 0.717) is 17.5 Å². The second kappa shape index (κ2) is 6.50. The van der Waals surface area contributed by atoms with Gasteiger partial charge in [-0.25, -0.2) is 8.42 Å². The second-order valence-corrected chi connectivity index (χ2v) is 9.35. The highest BCUT2D eigenvalue weighted by molar-refractivity contribution is 7.91. The van der Waals surface area contributed by atoms with Crippen LogP contribution in [0.4, 0.5) is 0 Å². The summed E-state index contributed by atoms with van der Waals surface area (Å²) in [6.07, 6.45) is 4.29. The molecule has 4 rings (SSSR count). The molecule has 0 atom stereocenters. The first-order valence-electron chi connectivity index (χ1n) is 8.82. The number of hydrogen-bond acceptors (Lipinski definition) is 4. The molecular weight excluding hydrogens is 322 g/mol. The monoisotopic (exact) mass is 347 g/mol. The Balaban J connectivity index is 1.34. The van der Waals surface area contributed by atoms with Gasteiger partial charge in [0.25, 0.3) is 0 Å². The van der Waals surface area contributed by atoms with E-state index in [1.807, 2.05) is 6.20 Å². The zero-order valence-electron chi connectivity index (χ0n) is 13.9. The van der Waals surface area contributed by atoms with Crippen LogP contribution < -0.4 is 0 Å². The van der Waals surface area contributed by atoms with Crippen molar-refractivity contribution in [1.29, 1.82) is 0 Å². The van der Waals surface area contributed by atoms with Crippen LogP contribution in [0.3, 0.4) is 0 Å². The minimum Gasteiger partial charge on any atom is -0.361 e. The number of aromatic amines is 1. The second-order valence-electron chi connectivity index (χ2n) is 7.05. The van der Waals surface area contributed by atoms with Crippen molar-refractivity contribution in [3.63, 3.8) is 0 Å². The smallest absolute Gasteiger partial charge is 0.152 e. The molecule has 3 heterocycles. The molecule has 1 aromatic carbocycles. The van der Waals surface area contributed by atoms with Crippen molar-refractivity contribution >= 4 is 20.7 Å². The highest BCUT2D eigenvalue weighted by Gasteiger charge is 2.29. The average molecular weight is 347 g/mol. The van der Waals surface area contributed by atoms with Crippen LogP contribution in [0.2, 0.25) is 0 Å². The van der Waals surface area contributed by atoms with E-state index >= 15 is 0 Å². The third kappa shape index (κ3) is 3.36. The van der Waals surface area contributed by atoms with E-state index in [1.165, 1.54) is 16.5 Å². The molecule has 2 aromatic rings. The lowest BCUT2D eigenvalue weighted by molar-refractivity contribution is 0.111. The fourth-order valence-electron chi connectivity index (χ4n) is 4.06. The molecule has 0 bridgehead atoms. The van der Waals surface area contributed by atoms with Gasteiger partial charge in [-0.1, -0.05) is 12.1 Å². The molecule has 0 spiro atoms. The van der Waals surface area contributed by atoms with Crippen LogP contribution in [-0.4, -0.2) is 66.9 Å². The molecule has 5 nitrogen and oxygen atoms in total. The summed E-state index contributed by atoms with van der Waals surface area (Å²) in [6, 6.07) is 9.17. The van der Waals surface area contributed by atoms with Crippen molar-refractivity contribution in [2.24, 2.45) is 0 Å². The molecule has 0 aliphatic carbocycles. The summed E-state index contributed by atoms with van der Waals surface area (Å²) in [6.45, 7) is 4.62. The number of nitrogens with one attached hydrogen (secondary N) is 1. The van der Waals surface area contributed by atoms with Gasteiger partial charge in [0.1, 0.15) is 0 Å². The highest BCUT2D eigenvalue weighted by Crippen LogP contribution is 2.23. The van der Waals surface area contributed by atoms with Gasteiger partial charge < -0.3 is 4.98 Å². The summed E-state index contributed by atoms with van der Waals surface area (Å²) < 4.78 is 23.2. The zero-order valence-corrected chi connectivity index (χ0v) is 14.8. The Morgan fingerprint density at radius 2 is 1.79 bits per heavy atom. The molecule has 2 fully saturated rings. The Morgan fingerprint density at radius 3 is 2.54 bits per heavy atom. The molecule has 6 heteroatoms. The minimum absolute atomic E-state index is 0.336. The Morgan fingerprint density at radius 1 is 1.04 bits per heavy atom. The van der Waals surface area contributed by atoms with Crippen molar-refractivity contribution in [2.75, 3.05) is 37.7 Å². The lowest BCUT2D eigenvalue weighted by atomic mass is 10.0. The Bertz CT molecular complexity index is 793. The molecule has 1 N–H and O–H groups in total. The Kier molecular flexibility index (Phi) is 4.37. The third-order valence-corrected chi connectivity index (χ3v) is 7.14. The van der Waals surface area contributed by atoms with Crippen LogP contribution in [0.5, 0.6) is 0 Å². The van der Waals surface area contributed by atoms with Gasteiger partial charge in [-0.05, 0) is 43.6 Å². The molecule has 0 radical (unpaired) electrons. The summed E-state index contributed by atoms with van der Waals surface area (Å²) in [5, 5.41) is 1.32. The first-order valence-corrected chi connectivity index (χ1v) is 10.6. The molecule has 0 unspecified atom stereocenters. The van der Waals surface area contributed by atoms with Gasteiger partial charge in [0.15, 0.2) is 9.84 Å². The summed E-state index contributed by atoms with van der Waals surface area (Å²) >= 11 is 0. The van der Waals surface area contributed by atoms with E-state index in [9.17, 15) is 8.42 Å². The van der Waals surface area contributed by atoms with Crippen LogP contribution in [0, 0.1) is 0 Å². The summed E-state index contributed by atoms with van der Waals surface area (Å²) in [4.78, 5) is 8.20. The van der Waals surface area contributed by atoms with Crippen LogP contribution in [0.15, 0.2) is 30.5 Å². The SMILES string of the molecule is O=S1(=O)CCN(C2CCN(Cc3cccc4[nH]ccc34)CC2)CC1. The van der Waals surface area contributed by atoms with Crippen molar-refractivity contribution in [3.05, 3.63) is 36.0 Å². The lowest BCUT2D eigenvalue weighted by Crippen LogP contribution is -2.50. The Labute approximate surface area is 143 Å². The minimum atomic E-state index is -2.78. The van der Waals surface area contributed by atoms with E-state index in [1.54, 1.807) is 0 Å². The van der Waals surface area contributed by atoms with E-state index in [4.69, 9.17) is 0 Å². The van der Waals surface area contributed by atoms with Crippen LogP contribution in [-0.2, 0) is 16.4 Å². The van der Waals surface area contributed by atoms with Gasteiger partial charge in [-0.3, -0.25) is 9.80 Å². The largest absolute Gasteiger partial charge is 0.361 e. The predicted octanol–water partition coefficient (Wildman–Crippen LogP) is 1.86. The maximum atomic E-state index is 11.6. The van der Waals surface area contributed by atoms with E-state index in [0.717, 1.165) is 45.6 Å². The number of rotatable bonds is 3. The molecule has 0 amide bonds. The fraction of sp³-hybridized carbons (Fsp3) is 0.556. The van der Waals surface area contributed by atoms with Crippen molar-refractivity contribution in [2.45, 2.75) is 25.4 Å². The lowest BCUT2D eigenvalue weighted by Gasteiger charge is -2.40. The molecule has 2 aliphatic rings. The van der Waals surface area contributed by atoms with Crippen LogP contribution >= 0.6 is 0 Å². The van der Waals surface area contributed by atoms with E-state index in [2.05, 4.69) is 39.0 Å². The molecular formula is C18H25N3O2S. The maximum Gasteiger partial charge on any atom is 0.152 e. The first-order chi connectivity index (χ1) is 11.6. The van der Waals surface area contributed by atoms with Gasteiger partial charge in [0, 0.05) is 42.8 Å².